The van der Waals surface area contributed by atoms with Gasteiger partial charge in [-0.15, -0.1) is 18.2 Å². The van der Waals surface area contributed by atoms with Crippen molar-refractivity contribution in [1.82, 2.24) is 0 Å². The van der Waals surface area contributed by atoms with Gasteiger partial charge in [0.2, 0.25) is 0 Å². The zero-order valence-electron chi connectivity index (χ0n) is 15.5. The lowest BCUT2D eigenvalue weighted by molar-refractivity contribution is 0.483. The summed E-state index contributed by atoms with van der Waals surface area (Å²) in [6.07, 6.45) is 10.8. The predicted octanol–water partition coefficient (Wildman–Crippen LogP) is 7.84. The summed E-state index contributed by atoms with van der Waals surface area (Å²) in [5.74, 6) is 0.237. The summed E-state index contributed by atoms with van der Waals surface area (Å²) in [5.41, 5.74) is 2.43. The second-order valence-electron chi connectivity index (χ2n) is 6.86. The Morgan fingerprint density at radius 3 is 2.04 bits per heavy atom. The normalized spacial score (nSPS) is 14.6. The first-order valence-electron chi connectivity index (χ1n) is 9.65. The fourth-order valence-electron chi connectivity index (χ4n) is 3.59. The summed E-state index contributed by atoms with van der Waals surface area (Å²) in [5, 5.41) is 0. The molecule has 2 rings (SSSR count). The molecule has 0 fully saturated rings. The van der Waals surface area contributed by atoms with Gasteiger partial charge in [-0.25, -0.2) is 0 Å². The van der Waals surface area contributed by atoms with E-state index in [0.717, 1.165) is 12.0 Å². The van der Waals surface area contributed by atoms with E-state index in [1.54, 1.807) is 0 Å². The lowest BCUT2D eigenvalue weighted by Gasteiger charge is -2.34. The second-order valence-corrected chi connectivity index (χ2v) is 7.48. The lowest BCUT2D eigenvalue weighted by Crippen LogP contribution is -2.25. The highest BCUT2D eigenvalue weighted by molar-refractivity contribution is 6.26. The highest BCUT2D eigenvalue weighted by atomic mass is 35.5. The molecule has 2 aromatic carbocycles. The largest absolute Gasteiger partial charge is 0.109 e. The molecule has 0 saturated carbocycles. The van der Waals surface area contributed by atoms with Crippen LogP contribution in [-0.2, 0) is 4.87 Å². The van der Waals surface area contributed by atoms with Crippen molar-refractivity contribution < 1.29 is 0 Å². The Morgan fingerprint density at radius 1 is 0.880 bits per heavy atom. The maximum Gasteiger partial charge on any atom is 0.0940 e. The second kappa shape index (κ2) is 10.5. The van der Waals surface area contributed by atoms with Crippen LogP contribution < -0.4 is 0 Å². The molecular weight excluding hydrogens is 324 g/mol. The standard InChI is InChI=1S/C24H31Cl/c1-3-5-6-7-8-15-20-23(21-16-11-9-12-17-21)24(25,4-2)22-18-13-10-14-19-22/h4,9-14,16-19,23H,2-3,5-8,15,20H2,1H3. The summed E-state index contributed by atoms with van der Waals surface area (Å²) in [6, 6.07) is 21.1. The average molecular weight is 355 g/mol. The van der Waals surface area contributed by atoms with E-state index >= 15 is 0 Å². The van der Waals surface area contributed by atoms with Crippen molar-refractivity contribution in [3.05, 3.63) is 84.4 Å². The highest BCUT2D eigenvalue weighted by Crippen LogP contribution is 2.46. The molecule has 2 atom stereocenters. The van der Waals surface area contributed by atoms with Crippen molar-refractivity contribution in [2.75, 3.05) is 0 Å². The maximum absolute atomic E-state index is 7.19. The lowest BCUT2D eigenvalue weighted by atomic mass is 9.77. The summed E-state index contributed by atoms with van der Waals surface area (Å²) < 4.78 is 0. The first-order chi connectivity index (χ1) is 12.2. The van der Waals surface area contributed by atoms with E-state index in [0.29, 0.717) is 0 Å². The van der Waals surface area contributed by atoms with Gasteiger partial charge in [0.1, 0.15) is 0 Å². The molecule has 0 nitrogen and oxygen atoms in total. The van der Waals surface area contributed by atoms with Gasteiger partial charge in [0.25, 0.3) is 0 Å². The fraction of sp³-hybridized carbons (Fsp3) is 0.417. The van der Waals surface area contributed by atoms with Crippen LogP contribution >= 0.6 is 11.6 Å². The van der Waals surface area contributed by atoms with Crippen LogP contribution in [0.2, 0.25) is 0 Å². The number of hydrogen-bond donors (Lipinski definition) is 0. The van der Waals surface area contributed by atoms with Gasteiger partial charge >= 0.3 is 0 Å². The van der Waals surface area contributed by atoms with Crippen LogP contribution in [0.4, 0.5) is 0 Å². The van der Waals surface area contributed by atoms with Crippen LogP contribution in [0.5, 0.6) is 0 Å². The Bertz CT molecular complexity index is 605. The highest BCUT2D eigenvalue weighted by Gasteiger charge is 2.36. The van der Waals surface area contributed by atoms with Crippen LogP contribution in [0.1, 0.15) is 68.9 Å². The molecule has 0 N–H and O–H groups in total. The molecule has 0 radical (unpaired) electrons. The molecule has 0 saturated heterocycles. The average Bonchev–Trinajstić information content (AvgIpc) is 2.68. The zero-order chi connectivity index (χ0) is 18.0. The van der Waals surface area contributed by atoms with Gasteiger partial charge in [0.05, 0.1) is 4.87 Å². The smallest absolute Gasteiger partial charge is 0.0940 e. The molecule has 134 valence electrons. The quantitative estimate of drug-likeness (QED) is 0.219. The third-order valence-corrected chi connectivity index (χ3v) is 5.70. The van der Waals surface area contributed by atoms with Crippen LogP contribution in [0.3, 0.4) is 0 Å². The minimum atomic E-state index is -0.563. The van der Waals surface area contributed by atoms with Crippen LogP contribution in [-0.4, -0.2) is 0 Å². The molecule has 25 heavy (non-hydrogen) atoms. The van der Waals surface area contributed by atoms with Gasteiger partial charge in [-0.3, -0.25) is 0 Å². The number of hydrogen-bond acceptors (Lipinski definition) is 0. The van der Waals surface area contributed by atoms with Crippen molar-refractivity contribution >= 4 is 11.6 Å². The number of unbranched alkanes of at least 4 members (excludes halogenated alkanes) is 5. The SMILES string of the molecule is C=CC(Cl)(c1ccccc1)C(CCCCCCCC)c1ccccc1. The van der Waals surface area contributed by atoms with Gasteiger partial charge in [0, 0.05) is 5.92 Å². The summed E-state index contributed by atoms with van der Waals surface area (Å²) in [4.78, 5) is -0.563. The van der Waals surface area contributed by atoms with E-state index in [2.05, 4.69) is 68.1 Å². The van der Waals surface area contributed by atoms with Gasteiger partial charge < -0.3 is 0 Å². The number of alkyl halides is 1. The fourth-order valence-corrected chi connectivity index (χ4v) is 3.95. The third kappa shape index (κ3) is 5.47. The van der Waals surface area contributed by atoms with Gasteiger partial charge in [-0.2, -0.15) is 0 Å². The molecule has 0 heterocycles. The first kappa shape index (κ1) is 19.8. The molecule has 0 aliphatic rings. The summed E-state index contributed by atoms with van der Waals surface area (Å²) in [6.45, 7) is 6.35. The Balaban J connectivity index is 2.17. The first-order valence-corrected chi connectivity index (χ1v) is 10.0. The molecule has 0 amide bonds. The summed E-state index contributed by atoms with van der Waals surface area (Å²) in [7, 11) is 0. The van der Waals surface area contributed by atoms with E-state index in [9.17, 15) is 0 Å². The van der Waals surface area contributed by atoms with E-state index in [1.807, 2.05) is 12.1 Å². The Labute approximate surface area is 158 Å². The molecule has 2 unspecified atom stereocenters. The van der Waals surface area contributed by atoms with Crippen molar-refractivity contribution in [1.29, 1.82) is 0 Å². The van der Waals surface area contributed by atoms with E-state index in [1.165, 1.54) is 44.1 Å². The number of allylic oxidation sites excluding steroid dienone is 1. The van der Waals surface area contributed by atoms with Gasteiger partial charge in [-0.05, 0) is 17.5 Å². The number of rotatable bonds is 11. The summed E-state index contributed by atoms with van der Waals surface area (Å²) >= 11 is 7.19. The Kier molecular flexibility index (Phi) is 8.28. The Morgan fingerprint density at radius 2 is 1.44 bits per heavy atom. The van der Waals surface area contributed by atoms with Crippen molar-refractivity contribution in [3.63, 3.8) is 0 Å². The molecule has 0 aliphatic carbocycles. The number of halogens is 1. The topological polar surface area (TPSA) is 0 Å². The van der Waals surface area contributed by atoms with E-state index in [4.69, 9.17) is 11.6 Å². The minimum Gasteiger partial charge on any atom is -0.109 e. The zero-order valence-corrected chi connectivity index (χ0v) is 16.2. The minimum absolute atomic E-state index is 0.237. The molecule has 2 aromatic rings. The molecule has 0 spiro atoms. The molecular formula is C24H31Cl. The van der Waals surface area contributed by atoms with Gasteiger partial charge in [0.15, 0.2) is 0 Å². The third-order valence-electron chi connectivity index (χ3n) is 5.07. The molecule has 0 aliphatic heterocycles. The molecule has 0 aromatic heterocycles. The monoisotopic (exact) mass is 354 g/mol. The molecule has 0 bridgehead atoms. The number of benzene rings is 2. The van der Waals surface area contributed by atoms with Crippen LogP contribution in [0.25, 0.3) is 0 Å². The Hall–Kier alpha value is -1.53. The maximum atomic E-state index is 7.19. The van der Waals surface area contributed by atoms with Crippen LogP contribution in [0, 0.1) is 0 Å². The van der Waals surface area contributed by atoms with Crippen LogP contribution in [0.15, 0.2) is 73.3 Å². The van der Waals surface area contributed by atoms with Crippen molar-refractivity contribution in [2.45, 2.75) is 62.7 Å². The van der Waals surface area contributed by atoms with Crippen molar-refractivity contribution in [3.8, 4) is 0 Å². The molecule has 1 heteroatoms. The van der Waals surface area contributed by atoms with Gasteiger partial charge in [-0.1, -0.05) is 112 Å². The van der Waals surface area contributed by atoms with Crippen molar-refractivity contribution in [2.24, 2.45) is 0 Å². The van der Waals surface area contributed by atoms with E-state index in [-0.39, 0.29) is 5.92 Å². The predicted molar refractivity (Wildman–Crippen MR) is 111 cm³/mol. The van der Waals surface area contributed by atoms with E-state index < -0.39 is 4.87 Å².